The predicted molar refractivity (Wildman–Crippen MR) is 103 cm³/mol. The molecule has 0 saturated heterocycles. The molecule has 0 saturated carbocycles. The van der Waals surface area contributed by atoms with Crippen LogP contribution in [0.5, 0.6) is 0 Å². The Balaban J connectivity index is 1.70. The van der Waals surface area contributed by atoms with Crippen molar-refractivity contribution in [3.63, 3.8) is 0 Å². The van der Waals surface area contributed by atoms with Gasteiger partial charge in [0.15, 0.2) is 5.11 Å². The van der Waals surface area contributed by atoms with Crippen molar-refractivity contribution in [2.24, 2.45) is 0 Å². The molecule has 2 aliphatic heterocycles. The van der Waals surface area contributed by atoms with E-state index in [9.17, 15) is 9.59 Å². The summed E-state index contributed by atoms with van der Waals surface area (Å²) in [6.07, 6.45) is 0.886. The van der Waals surface area contributed by atoms with Gasteiger partial charge in [0, 0.05) is 13.6 Å². The second kappa shape index (κ2) is 6.53. The van der Waals surface area contributed by atoms with Crippen LogP contribution in [-0.4, -0.2) is 46.9 Å². The molecule has 6 heteroatoms. The number of hydrogen-bond acceptors (Lipinski definition) is 3. The molecule has 0 radical (unpaired) electrons. The van der Waals surface area contributed by atoms with E-state index in [-0.39, 0.29) is 24.4 Å². The van der Waals surface area contributed by atoms with Gasteiger partial charge in [0.2, 0.25) is 0 Å². The maximum atomic E-state index is 12.8. The van der Waals surface area contributed by atoms with Gasteiger partial charge in [-0.25, -0.2) is 0 Å². The lowest BCUT2D eigenvalue weighted by Crippen LogP contribution is -2.49. The first-order valence-electron chi connectivity index (χ1n) is 8.63. The summed E-state index contributed by atoms with van der Waals surface area (Å²) in [5.41, 5.74) is 3.31. The monoisotopic (exact) mass is 365 g/mol. The van der Waals surface area contributed by atoms with Crippen molar-refractivity contribution in [2.45, 2.75) is 12.5 Å². The van der Waals surface area contributed by atoms with Crippen LogP contribution in [-0.2, 0) is 6.42 Å². The van der Waals surface area contributed by atoms with Gasteiger partial charge in [-0.2, -0.15) is 0 Å². The molecule has 26 heavy (non-hydrogen) atoms. The lowest BCUT2D eigenvalue weighted by molar-refractivity contribution is 0.0613. The van der Waals surface area contributed by atoms with Crippen molar-refractivity contribution in [1.29, 1.82) is 0 Å². The Kier molecular flexibility index (Phi) is 4.20. The molecule has 1 atom stereocenters. The molecule has 2 aromatic carbocycles. The largest absolute Gasteiger partial charge is 0.366 e. The van der Waals surface area contributed by atoms with E-state index in [1.165, 1.54) is 10.5 Å². The number of imide groups is 1. The van der Waals surface area contributed by atoms with Crippen molar-refractivity contribution in [1.82, 2.24) is 15.1 Å². The standard InChI is InChI=1S/C20H19N3O2S/c1-21-20(26)22-11-10-13-6-2-3-7-14(13)17(22)12-23-18(24)15-8-4-5-9-16(15)19(23)25/h2-9,17H,10-12H2,1H3,(H,21,26)/t17-/m0/s1. The molecule has 2 heterocycles. The van der Waals surface area contributed by atoms with E-state index in [1.54, 1.807) is 31.3 Å². The Morgan fingerprint density at radius 1 is 1.08 bits per heavy atom. The molecule has 2 aliphatic rings. The van der Waals surface area contributed by atoms with Crippen LogP contribution >= 0.6 is 12.2 Å². The van der Waals surface area contributed by atoms with Gasteiger partial charge in [0.1, 0.15) is 0 Å². The summed E-state index contributed by atoms with van der Waals surface area (Å²) in [7, 11) is 1.79. The van der Waals surface area contributed by atoms with E-state index >= 15 is 0 Å². The smallest absolute Gasteiger partial charge is 0.261 e. The number of nitrogens with zero attached hydrogens (tertiary/aromatic N) is 2. The number of carbonyl (C=O) groups is 2. The second-order valence-electron chi connectivity index (χ2n) is 6.48. The van der Waals surface area contributed by atoms with Gasteiger partial charge in [-0.05, 0) is 41.9 Å². The van der Waals surface area contributed by atoms with Crippen molar-refractivity contribution < 1.29 is 9.59 Å². The zero-order chi connectivity index (χ0) is 18.3. The Hall–Kier alpha value is -2.73. The molecule has 2 aromatic rings. The topological polar surface area (TPSA) is 52.6 Å². The SMILES string of the molecule is CNC(=S)N1CCc2ccccc2[C@@H]1CN1C(=O)c2ccccc2C1=O. The summed E-state index contributed by atoms with van der Waals surface area (Å²) in [6, 6.07) is 15.0. The van der Waals surface area contributed by atoms with Crippen molar-refractivity contribution >= 4 is 29.1 Å². The van der Waals surface area contributed by atoms with Gasteiger partial charge in [0.05, 0.1) is 23.7 Å². The normalized spacial score (nSPS) is 18.6. The molecular weight excluding hydrogens is 346 g/mol. The number of thiocarbonyl (C=S) groups is 1. The minimum absolute atomic E-state index is 0.151. The zero-order valence-corrected chi connectivity index (χ0v) is 15.3. The molecular formula is C20H19N3O2S. The first kappa shape index (κ1) is 16.7. The van der Waals surface area contributed by atoms with E-state index < -0.39 is 0 Å². The Morgan fingerprint density at radius 3 is 2.35 bits per heavy atom. The third-order valence-electron chi connectivity index (χ3n) is 5.12. The minimum atomic E-state index is -0.232. The van der Waals surface area contributed by atoms with E-state index in [2.05, 4.69) is 22.3 Å². The molecule has 0 spiro atoms. The van der Waals surface area contributed by atoms with Crippen LogP contribution in [0, 0.1) is 0 Å². The number of amides is 2. The molecule has 132 valence electrons. The van der Waals surface area contributed by atoms with Crippen molar-refractivity contribution in [2.75, 3.05) is 20.1 Å². The number of fused-ring (bicyclic) bond motifs is 2. The molecule has 4 rings (SSSR count). The third-order valence-corrected chi connectivity index (χ3v) is 5.56. The summed E-state index contributed by atoms with van der Waals surface area (Å²) in [6.45, 7) is 1.04. The molecule has 0 aliphatic carbocycles. The van der Waals surface area contributed by atoms with Crippen LogP contribution in [0.1, 0.15) is 37.9 Å². The predicted octanol–water partition coefficient (Wildman–Crippen LogP) is 2.39. The average molecular weight is 365 g/mol. The van der Waals surface area contributed by atoms with Crippen molar-refractivity contribution in [3.05, 3.63) is 70.8 Å². The molecule has 0 bridgehead atoms. The van der Waals surface area contributed by atoms with E-state index in [4.69, 9.17) is 12.2 Å². The first-order valence-corrected chi connectivity index (χ1v) is 9.04. The van der Waals surface area contributed by atoms with Gasteiger partial charge in [-0.3, -0.25) is 14.5 Å². The highest BCUT2D eigenvalue weighted by atomic mass is 32.1. The fraction of sp³-hybridized carbons (Fsp3) is 0.250. The molecule has 0 unspecified atom stereocenters. The van der Waals surface area contributed by atoms with Crippen LogP contribution in [0.4, 0.5) is 0 Å². The molecule has 0 fully saturated rings. The maximum Gasteiger partial charge on any atom is 0.261 e. The first-order chi connectivity index (χ1) is 12.6. The van der Waals surface area contributed by atoms with E-state index in [0.717, 1.165) is 18.5 Å². The lowest BCUT2D eigenvalue weighted by atomic mass is 9.92. The van der Waals surface area contributed by atoms with Crippen molar-refractivity contribution in [3.8, 4) is 0 Å². The van der Waals surface area contributed by atoms with Crippen LogP contribution in [0.3, 0.4) is 0 Å². The fourth-order valence-electron chi connectivity index (χ4n) is 3.81. The van der Waals surface area contributed by atoms with Gasteiger partial charge in [-0.1, -0.05) is 36.4 Å². The molecule has 5 nitrogen and oxygen atoms in total. The average Bonchev–Trinajstić information content (AvgIpc) is 2.93. The summed E-state index contributed by atoms with van der Waals surface area (Å²) in [4.78, 5) is 29.0. The third kappa shape index (κ3) is 2.57. The molecule has 2 amide bonds. The Labute approximate surface area is 157 Å². The molecule has 0 aromatic heterocycles. The van der Waals surface area contributed by atoms with Crippen LogP contribution in [0.2, 0.25) is 0 Å². The molecule has 1 N–H and O–H groups in total. The zero-order valence-electron chi connectivity index (χ0n) is 14.4. The van der Waals surface area contributed by atoms with Crippen LogP contribution in [0.15, 0.2) is 48.5 Å². The highest BCUT2D eigenvalue weighted by Gasteiger charge is 2.39. The van der Waals surface area contributed by atoms with Gasteiger partial charge >= 0.3 is 0 Å². The number of rotatable bonds is 2. The number of carbonyl (C=O) groups excluding carboxylic acids is 2. The lowest BCUT2D eigenvalue weighted by Gasteiger charge is -2.40. The summed E-state index contributed by atoms with van der Waals surface area (Å²) in [5, 5.41) is 3.65. The van der Waals surface area contributed by atoms with Crippen LogP contribution < -0.4 is 5.32 Å². The minimum Gasteiger partial charge on any atom is -0.366 e. The number of benzene rings is 2. The van der Waals surface area contributed by atoms with E-state index in [1.807, 2.05) is 12.1 Å². The van der Waals surface area contributed by atoms with E-state index in [0.29, 0.717) is 16.2 Å². The fourth-order valence-corrected chi connectivity index (χ4v) is 4.03. The Bertz CT molecular complexity index is 876. The van der Waals surface area contributed by atoms with Gasteiger partial charge in [-0.15, -0.1) is 0 Å². The summed E-state index contributed by atoms with van der Waals surface area (Å²) in [5.74, 6) is -0.465. The number of nitrogens with one attached hydrogen (secondary N) is 1. The van der Waals surface area contributed by atoms with Crippen LogP contribution in [0.25, 0.3) is 0 Å². The quantitative estimate of drug-likeness (QED) is 0.654. The van der Waals surface area contributed by atoms with Gasteiger partial charge in [0.25, 0.3) is 11.8 Å². The Morgan fingerprint density at radius 2 is 1.69 bits per heavy atom. The summed E-state index contributed by atoms with van der Waals surface area (Å²) >= 11 is 5.48. The highest BCUT2D eigenvalue weighted by molar-refractivity contribution is 7.80. The van der Waals surface area contributed by atoms with Gasteiger partial charge < -0.3 is 10.2 Å². The number of hydrogen-bond donors (Lipinski definition) is 1. The highest BCUT2D eigenvalue weighted by Crippen LogP contribution is 2.33. The maximum absolute atomic E-state index is 12.8. The summed E-state index contributed by atoms with van der Waals surface area (Å²) < 4.78 is 0. The second-order valence-corrected chi connectivity index (χ2v) is 6.87.